The number of nitrogens with zero attached hydrogens (tertiary/aromatic N) is 1. The van der Waals surface area contributed by atoms with Crippen molar-refractivity contribution in [2.45, 2.75) is 38.3 Å². The monoisotopic (exact) mass is 288 g/mol. The maximum absolute atomic E-state index is 12.2. The van der Waals surface area contributed by atoms with Gasteiger partial charge in [-0.2, -0.15) is 5.10 Å². The molecule has 0 bridgehead atoms. The van der Waals surface area contributed by atoms with E-state index in [9.17, 15) is 9.90 Å². The molecule has 1 aliphatic carbocycles. The van der Waals surface area contributed by atoms with Crippen LogP contribution in [0.1, 0.15) is 31.7 Å². The molecule has 21 heavy (non-hydrogen) atoms. The molecule has 2 fully saturated rings. The van der Waals surface area contributed by atoms with Crippen LogP contribution in [0, 0.1) is 5.92 Å². The van der Waals surface area contributed by atoms with Gasteiger partial charge in [-0.25, -0.2) is 10.9 Å². The standard InChI is InChI=1S/C15H20N4O2/c1-9(10-5-2-3-8-13(10)20)16-19-15(21)14-11-6-4-7-12(11)17-18-14/h2-3,5,8,11-12,14,17-18,20H,4,6-7H2,1H3,(H,19,21)/b16-9+. The molecule has 4 N–H and O–H groups in total. The maximum Gasteiger partial charge on any atom is 0.258 e. The number of hydrazone groups is 1. The summed E-state index contributed by atoms with van der Waals surface area (Å²) >= 11 is 0. The average Bonchev–Trinajstić information content (AvgIpc) is 3.07. The lowest BCUT2D eigenvalue weighted by atomic mass is 9.97. The first-order valence-corrected chi connectivity index (χ1v) is 7.30. The fraction of sp³-hybridized carbons (Fsp3) is 0.467. The Labute approximate surface area is 123 Å². The SMILES string of the molecule is C/C(=N\NC(=O)C1NNC2CCCC21)c1ccccc1O. The van der Waals surface area contributed by atoms with Gasteiger partial charge in [-0.15, -0.1) is 0 Å². The molecule has 0 radical (unpaired) electrons. The number of phenols is 1. The molecular weight excluding hydrogens is 268 g/mol. The van der Waals surface area contributed by atoms with Gasteiger partial charge < -0.3 is 5.11 Å². The molecule has 1 heterocycles. The van der Waals surface area contributed by atoms with Gasteiger partial charge in [0.15, 0.2) is 0 Å². The molecule has 1 saturated heterocycles. The second kappa shape index (κ2) is 5.83. The highest BCUT2D eigenvalue weighted by molar-refractivity contribution is 6.01. The second-order valence-electron chi connectivity index (χ2n) is 5.66. The van der Waals surface area contributed by atoms with Crippen LogP contribution < -0.4 is 16.3 Å². The van der Waals surface area contributed by atoms with Crippen molar-refractivity contribution in [1.29, 1.82) is 0 Å². The Kier molecular flexibility index (Phi) is 3.90. The third-order valence-electron chi connectivity index (χ3n) is 4.33. The van der Waals surface area contributed by atoms with E-state index in [1.165, 1.54) is 0 Å². The molecule has 6 heteroatoms. The van der Waals surface area contributed by atoms with Gasteiger partial charge in [-0.3, -0.25) is 10.2 Å². The van der Waals surface area contributed by atoms with E-state index in [0.717, 1.165) is 19.3 Å². The predicted octanol–water partition coefficient (Wildman–Crippen LogP) is 0.877. The first kappa shape index (κ1) is 14.0. The van der Waals surface area contributed by atoms with Crippen LogP contribution in [0.2, 0.25) is 0 Å². The summed E-state index contributed by atoms with van der Waals surface area (Å²) in [6.07, 6.45) is 3.33. The lowest BCUT2D eigenvalue weighted by Gasteiger charge is -2.14. The number of aromatic hydroxyl groups is 1. The molecule has 1 amide bonds. The maximum atomic E-state index is 12.2. The third kappa shape index (κ3) is 2.77. The number of carbonyl (C=O) groups is 1. The van der Waals surface area contributed by atoms with E-state index >= 15 is 0 Å². The van der Waals surface area contributed by atoms with Gasteiger partial charge in [-0.05, 0) is 31.9 Å². The van der Waals surface area contributed by atoms with Crippen LogP contribution in [0.5, 0.6) is 5.75 Å². The van der Waals surface area contributed by atoms with Crippen LogP contribution in [0.4, 0.5) is 0 Å². The Morgan fingerprint density at radius 3 is 2.95 bits per heavy atom. The van der Waals surface area contributed by atoms with Gasteiger partial charge in [-0.1, -0.05) is 18.6 Å². The first-order chi connectivity index (χ1) is 10.2. The summed E-state index contributed by atoms with van der Waals surface area (Å²) in [5, 5.41) is 13.9. The zero-order valence-corrected chi connectivity index (χ0v) is 12.0. The molecule has 1 aromatic rings. The first-order valence-electron chi connectivity index (χ1n) is 7.30. The molecule has 3 unspecified atom stereocenters. The summed E-state index contributed by atoms with van der Waals surface area (Å²) in [6, 6.07) is 7.09. The number of phenolic OH excluding ortho intramolecular Hbond substituents is 1. The van der Waals surface area contributed by atoms with Gasteiger partial charge in [0, 0.05) is 17.5 Å². The van der Waals surface area contributed by atoms with Crippen LogP contribution in [0.15, 0.2) is 29.4 Å². The minimum Gasteiger partial charge on any atom is -0.507 e. The van der Waals surface area contributed by atoms with Crippen LogP contribution in [0.25, 0.3) is 0 Å². The summed E-state index contributed by atoms with van der Waals surface area (Å²) in [5.41, 5.74) is 10.0. The van der Waals surface area contributed by atoms with E-state index in [1.807, 2.05) is 6.07 Å². The number of carbonyl (C=O) groups excluding carboxylic acids is 1. The Morgan fingerprint density at radius 1 is 1.33 bits per heavy atom. The van der Waals surface area contributed by atoms with Crippen molar-refractivity contribution in [3.8, 4) is 5.75 Å². The van der Waals surface area contributed by atoms with Gasteiger partial charge >= 0.3 is 0 Å². The van der Waals surface area contributed by atoms with Gasteiger partial charge in [0.05, 0.1) is 5.71 Å². The van der Waals surface area contributed by atoms with Crippen molar-refractivity contribution >= 4 is 11.6 Å². The fourth-order valence-electron chi connectivity index (χ4n) is 3.18. The Balaban J connectivity index is 1.65. The topological polar surface area (TPSA) is 85.8 Å². The molecule has 112 valence electrons. The highest BCUT2D eigenvalue weighted by atomic mass is 16.3. The number of fused-ring (bicyclic) bond motifs is 1. The van der Waals surface area contributed by atoms with Gasteiger partial charge in [0.1, 0.15) is 11.8 Å². The molecular formula is C15H20N4O2. The van der Waals surface area contributed by atoms with Crippen LogP contribution >= 0.6 is 0 Å². The molecule has 2 aliphatic rings. The Bertz CT molecular complexity index is 573. The van der Waals surface area contributed by atoms with E-state index in [-0.39, 0.29) is 17.7 Å². The summed E-state index contributed by atoms with van der Waals surface area (Å²) in [7, 11) is 0. The minimum atomic E-state index is -0.238. The van der Waals surface area contributed by atoms with Crippen LogP contribution in [0.3, 0.4) is 0 Å². The highest BCUT2D eigenvalue weighted by Gasteiger charge is 2.42. The number of amides is 1. The van der Waals surface area contributed by atoms with Gasteiger partial charge in [0.25, 0.3) is 5.91 Å². The molecule has 1 aromatic carbocycles. The number of para-hydroxylation sites is 1. The summed E-state index contributed by atoms with van der Waals surface area (Å²) in [4.78, 5) is 12.2. The molecule has 6 nitrogen and oxygen atoms in total. The van der Waals surface area contributed by atoms with Crippen molar-refractivity contribution in [3.63, 3.8) is 0 Å². The van der Waals surface area contributed by atoms with E-state index in [0.29, 0.717) is 23.2 Å². The fourth-order valence-corrected chi connectivity index (χ4v) is 3.18. The van der Waals surface area contributed by atoms with E-state index in [1.54, 1.807) is 25.1 Å². The average molecular weight is 288 g/mol. The summed E-state index contributed by atoms with van der Waals surface area (Å²) in [5.74, 6) is 0.363. The normalized spacial score (nSPS) is 28.4. The molecule has 0 spiro atoms. The quantitative estimate of drug-likeness (QED) is 0.491. The van der Waals surface area contributed by atoms with Crippen molar-refractivity contribution < 1.29 is 9.90 Å². The van der Waals surface area contributed by atoms with Crippen molar-refractivity contribution in [2.75, 3.05) is 0 Å². The predicted molar refractivity (Wildman–Crippen MR) is 79.6 cm³/mol. The molecule has 1 saturated carbocycles. The zero-order valence-electron chi connectivity index (χ0n) is 12.0. The molecule has 0 aromatic heterocycles. The number of hydrogen-bond donors (Lipinski definition) is 4. The number of hydrogen-bond acceptors (Lipinski definition) is 5. The van der Waals surface area contributed by atoms with Crippen LogP contribution in [-0.4, -0.2) is 28.8 Å². The Morgan fingerprint density at radius 2 is 2.14 bits per heavy atom. The minimum absolute atomic E-state index is 0.133. The zero-order chi connectivity index (χ0) is 14.8. The van der Waals surface area contributed by atoms with Crippen molar-refractivity contribution in [2.24, 2.45) is 11.0 Å². The lowest BCUT2D eigenvalue weighted by molar-refractivity contribution is -0.123. The molecule has 3 atom stereocenters. The second-order valence-corrected chi connectivity index (χ2v) is 5.66. The summed E-state index contributed by atoms with van der Waals surface area (Å²) in [6.45, 7) is 1.76. The highest BCUT2D eigenvalue weighted by Crippen LogP contribution is 2.31. The molecule has 1 aliphatic heterocycles. The van der Waals surface area contributed by atoms with Crippen molar-refractivity contribution in [1.82, 2.24) is 16.3 Å². The van der Waals surface area contributed by atoms with Gasteiger partial charge in [0.2, 0.25) is 0 Å². The number of nitrogens with one attached hydrogen (secondary N) is 3. The smallest absolute Gasteiger partial charge is 0.258 e. The van der Waals surface area contributed by atoms with Crippen molar-refractivity contribution in [3.05, 3.63) is 29.8 Å². The van der Waals surface area contributed by atoms with E-state index in [4.69, 9.17) is 0 Å². The number of benzene rings is 1. The molecule has 3 rings (SSSR count). The third-order valence-corrected chi connectivity index (χ3v) is 4.33. The number of hydrazine groups is 1. The largest absolute Gasteiger partial charge is 0.507 e. The Hall–Kier alpha value is -1.92. The summed E-state index contributed by atoms with van der Waals surface area (Å²) < 4.78 is 0. The van der Waals surface area contributed by atoms with E-state index in [2.05, 4.69) is 21.4 Å². The van der Waals surface area contributed by atoms with Crippen LogP contribution in [-0.2, 0) is 4.79 Å². The number of rotatable bonds is 3. The lowest BCUT2D eigenvalue weighted by Crippen LogP contribution is -2.44. The van der Waals surface area contributed by atoms with E-state index < -0.39 is 0 Å².